The zero-order chi connectivity index (χ0) is 21.7. The average Bonchev–Trinajstić information content (AvgIpc) is 2.60. The zero-order valence-corrected chi connectivity index (χ0v) is 20.6. The van der Waals surface area contributed by atoms with Gasteiger partial charge in [0, 0.05) is 16.6 Å². The Labute approximate surface area is 185 Å². The van der Waals surface area contributed by atoms with Crippen LogP contribution in [0.4, 0.5) is 0 Å². The Morgan fingerprint density at radius 3 is 2.14 bits per heavy atom. The van der Waals surface area contributed by atoms with Crippen LogP contribution in [0.1, 0.15) is 64.7 Å². The molecule has 4 heteroatoms. The van der Waals surface area contributed by atoms with Gasteiger partial charge in [-0.3, -0.25) is 0 Å². The van der Waals surface area contributed by atoms with E-state index in [9.17, 15) is 0 Å². The van der Waals surface area contributed by atoms with Crippen LogP contribution in [0.15, 0.2) is 40.9 Å². The molecule has 2 aromatic carbocycles. The van der Waals surface area contributed by atoms with Crippen LogP contribution in [0, 0.1) is 12.3 Å². The van der Waals surface area contributed by atoms with Crippen LogP contribution < -0.4 is 14.8 Å². The average molecular weight is 462 g/mol. The smallest absolute Gasteiger partial charge is 0.162 e. The lowest BCUT2D eigenvalue weighted by Crippen LogP contribution is -2.41. The molecule has 29 heavy (non-hydrogen) atoms. The molecule has 0 aliphatic heterocycles. The molecule has 0 saturated heterocycles. The quantitative estimate of drug-likeness (QED) is 0.434. The first kappa shape index (κ1) is 23.8. The minimum atomic E-state index is 0.0457. The summed E-state index contributed by atoms with van der Waals surface area (Å²) in [5, 5.41) is 3.70. The second-order valence-electron chi connectivity index (χ2n) is 9.57. The van der Waals surface area contributed by atoms with Crippen molar-refractivity contribution in [2.24, 2.45) is 5.41 Å². The van der Waals surface area contributed by atoms with Gasteiger partial charge in [0.1, 0.15) is 6.61 Å². The number of rotatable bonds is 9. The summed E-state index contributed by atoms with van der Waals surface area (Å²) in [4.78, 5) is 0. The molecule has 0 bridgehead atoms. The third-order valence-electron chi connectivity index (χ3n) is 4.66. The van der Waals surface area contributed by atoms with E-state index in [1.54, 1.807) is 0 Å². The maximum absolute atomic E-state index is 6.09. The molecule has 0 fully saturated rings. The van der Waals surface area contributed by atoms with Crippen LogP contribution in [-0.4, -0.2) is 12.1 Å². The van der Waals surface area contributed by atoms with Gasteiger partial charge in [-0.1, -0.05) is 66.5 Å². The Morgan fingerprint density at radius 2 is 1.55 bits per heavy atom. The maximum Gasteiger partial charge on any atom is 0.162 e. The number of benzene rings is 2. The predicted octanol–water partition coefficient (Wildman–Crippen LogP) is 7.04. The van der Waals surface area contributed by atoms with Crippen molar-refractivity contribution in [2.75, 3.05) is 6.61 Å². The molecule has 2 aromatic rings. The standard InChI is InChI=1S/C25H36BrNO2/c1-8-28-22-13-20(15-27-25(6,7)17-24(3,4)5)21(26)14-23(22)29-16-19-11-9-18(2)10-12-19/h9-14,27H,8,15-17H2,1-7H3. The van der Waals surface area contributed by atoms with E-state index in [1.165, 1.54) is 5.56 Å². The van der Waals surface area contributed by atoms with E-state index in [-0.39, 0.29) is 11.0 Å². The highest BCUT2D eigenvalue weighted by Gasteiger charge is 2.25. The normalized spacial score (nSPS) is 12.1. The highest BCUT2D eigenvalue weighted by atomic mass is 79.9. The molecule has 0 amide bonds. The molecule has 0 atom stereocenters. The summed E-state index contributed by atoms with van der Waals surface area (Å²) in [5.41, 5.74) is 3.88. The molecule has 0 aliphatic rings. The van der Waals surface area contributed by atoms with Crippen molar-refractivity contribution >= 4 is 15.9 Å². The van der Waals surface area contributed by atoms with E-state index in [2.05, 4.69) is 93.1 Å². The van der Waals surface area contributed by atoms with Crippen molar-refractivity contribution in [3.8, 4) is 11.5 Å². The first-order valence-electron chi connectivity index (χ1n) is 10.4. The summed E-state index contributed by atoms with van der Waals surface area (Å²) in [6, 6.07) is 12.5. The van der Waals surface area contributed by atoms with Gasteiger partial charge in [0.2, 0.25) is 0 Å². The van der Waals surface area contributed by atoms with Crippen LogP contribution in [0.25, 0.3) is 0 Å². The summed E-state index contributed by atoms with van der Waals surface area (Å²) in [6.45, 7) is 17.3. The summed E-state index contributed by atoms with van der Waals surface area (Å²) in [5.74, 6) is 1.55. The molecule has 0 spiro atoms. The van der Waals surface area contributed by atoms with E-state index < -0.39 is 0 Å². The van der Waals surface area contributed by atoms with Crippen molar-refractivity contribution in [1.82, 2.24) is 5.32 Å². The van der Waals surface area contributed by atoms with Gasteiger partial charge in [-0.05, 0) is 62.8 Å². The number of aryl methyl sites for hydroxylation is 1. The molecular formula is C25H36BrNO2. The third kappa shape index (κ3) is 8.02. The highest BCUT2D eigenvalue weighted by molar-refractivity contribution is 9.10. The van der Waals surface area contributed by atoms with Crippen LogP contribution in [0.5, 0.6) is 11.5 Å². The minimum absolute atomic E-state index is 0.0457. The topological polar surface area (TPSA) is 30.5 Å². The minimum Gasteiger partial charge on any atom is -0.490 e. The molecule has 0 aromatic heterocycles. The lowest BCUT2D eigenvalue weighted by Gasteiger charge is -2.33. The summed E-state index contributed by atoms with van der Waals surface area (Å²) < 4.78 is 13.0. The van der Waals surface area contributed by atoms with E-state index in [0.29, 0.717) is 13.2 Å². The van der Waals surface area contributed by atoms with E-state index in [4.69, 9.17) is 9.47 Å². The number of hydrogen-bond donors (Lipinski definition) is 1. The van der Waals surface area contributed by atoms with Crippen LogP contribution in [-0.2, 0) is 13.2 Å². The van der Waals surface area contributed by atoms with Gasteiger partial charge in [0.05, 0.1) is 6.61 Å². The van der Waals surface area contributed by atoms with E-state index in [1.807, 2.05) is 13.0 Å². The van der Waals surface area contributed by atoms with Gasteiger partial charge >= 0.3 is 0 Å². The SMILES string of the molecule is CCOc1cc(CNC(C)(C)CC(C)(C)C)c(Br)cc1OCc1ccc(C)cc1. The third-order valence-corrected chi connectivity index (χ3v) is 5.40. The van der Waals surface area contributed by atoms with Gasteiger partial charge in [-0.2, -0.15) is 0 Å². The first-order chi connectivity index (χ1) is 13.5. The van der Waals surface area contributed by atoms with Gasteiger partial charge < -0.3 is 14.8 Å². The second kappa shape index (κ2) is 9.99. The fraction of sp³-hybridized carbons (Fsp3) is 0.520. The Bertz CT molecular complexity index is 792. The summed E-state index contributed by atoms with van der Waals surface area (Å²) in [7, 11) is 0. The number of nitrogens with one attached hydrogen (secondary N) is 1. The molecule has 0 heterocycles. The molecule has 160 valence electrons. The van der Waals surface area contributed by atoms with E-state index in [0.717, 1.165) is 40.1 Å². The fourth-order valence-electron chi connectivity index (χ4n) is 3.66. The van der Waals surface area contributed by atoms with Gasteiger partial charge in [0.15, 0.2) is 11.5 Å². The number of hydrogen-bond acceptors (Lipinski definition) is 3. The zero-order valence-electron chi connectivity index (χ0n) is 19.0. The van der Waals surface area contributed by atoms with Crippen LogP contribution in [0.2, 0.25) is 0 Å². The Morgan fingerprint density at radius 1 is 0.931 bits per heavy atom. The second-order valence-corrected chi connectivity index (χ2v) is 10.4. The summed E-state index contributed by atoms with van der Waals surface area (Å²) in [6.07, 6.45) is 1.09. The molecule has 0 saturated carbocycles. The van der Waals surface area contributed by atoms with E-state index >= 15 is 0 Å². The van der Waals surface area contributed by atoms with Crippen LogP contribution >= 0.6 is 15.9 Å². The highest BCUT2D eigenvalue weighted by Crippen LogP contribution is 2.35. The van der Waals surface area contributed by atoms with Crippen molar-refractivity contribution in [3.63, 3.8) is 0 Å². The van der Waals surface area contributed by atoms with Crippen LogP contribution in [0.3, 0.4) is 0 Å². The van der Waals surface area contributed by atoms with Crippen molar-refractivity contribution in [3.05, 3.63) is 57.6 Å². The first-order valence-corrected chi connectivity index (χ1v) is 11.2. The Kier molecular flexibility index (Phi) is 8.18. The largest absolute Gasteiger partial charge is 0.490 e. The monoisotopic (exact) mass is 461 g/mol. The molecule has 3 nitrogen and oxygen atoms in total. The Hall–Kier alpha value is -1.52. The molecule has 0 unspecified atom stereocenters. The van der Waals surface area contributed by atoms with Gasteiger partial charge in [0.25, 0.3) is 0 Å². The molecule has 2 rings (SSSR count). The predicted molar refractivity (Wildman–Crippen MR) is 126 cm³/mol. The molecule has 0 radical (unpaired) electrons. The summed E-state index contributed by atoms with van der Waals surface area (Å²) >= 11 is 3.72. The maximum atomic E-state index is 6.09. The van der Waals surface area contributed by atoms with Crippen molar-refractivity contribution in [2.45, 2.75) is 73.6 Å². The van der Waals surface area contributed by atoms with Crippen molar-refractivity contribution < 1.29 is 9.47 Å². The van der Waals surface area contributed by atoms with Gasteiger partial charge in [-0.15, -0.1) is 0 Å². The van der Waals surface area contributed by atoms with Crippen molar-refractivity contribution in [1.29, 1.82) is 0 Å². The fourth-order valence-corrected chi connectivity index (χ4v) is 4.12. The van der Waals surface area contributed by atoms with Gasteiger partial charge in [-0.25, -0.2) is 0 Å². The number of ether oxygens (including phenoxy) is 2. The molecule has 0 aliphatic carbocycles. The molecule has 1 N–H and O–H groups in total. The Balaban J connectivity index is 2.12. The number of halogens is 1. The molecular weight excluding hydrogens is 426 g/mol. The lowest BCUT2D eigenvalue weighted by atomic mass is 9.82. The lowest BCUT2D eigenvalue weighted by molar-refractivity contribution is 0.240.